The van der Waals surface area contributed by atoms with Crippen LogP contribution in [0.25, 0.3) is 0 Å². The van der Waals surface area contributed by atoms with Gasteiger partial charge in [0.2, 0.25) is 0 Å². The summed E-state index contributed by atoms with van der Waals surface area (Å²) in [5.74, 6) is 0. The number of cyclic esters (lactones) is 1. The van der Waals surface area contributed by atoms with Crippen molar-refractivity contribution in [1.29, 1.82) is 0 Å². The molecule has 0 aliphatic carbocycles. The summed E-state index contributed by atoms with van der Waals surface area (Å²) in [5.41, 5.74) is 1.02. The van der Waals surface area contributed by atoms with Crippen LogP contribution in [-0.2, 0) is 4.74 Å². The van der Waals surface area contributed by atoms with E-state index in [0.717, 1.165) is 14.5 Å². The van der Waals surface area contributed by atoms with Crippen molar-refractivity contribution in [2.75, 3.05) is 6.61 Å². The molecule has 1 aromatic rings. The molecular formula is C9H7Br2NO2. The van der Waals surface area contributed by atoms with Crippen molar-refractivity contribution in [2.24, 2.45) is 0 Å². The van der Waals surface area contributed by atoms with Gasteiger partial charge >= 0.3 is 6.09 Å². The van der Waals surface area contributed by atoms with Crippen LogP contribution in [0.3, 0.4) is 0 Å². The van der Waals surface area contributed by atoms with Crippen LogP contribution in [-0.4, -0.2) is 12.7 Å². The number of rotatable bonds is 1. The van der Waals surface area contributed by atoms with Crippen molar-refractivity contribution in [3.05, 3.63) is 32.7 Å². The van der Waals surface area contributed by atoms with Gasteiger partial charge in [0.15, 0.2) is 0 Å². The molecule has 1 atom stereocenters. The predicted molar refractivity (Wildman–Crippen MR) is 59.1 cm³/mol. The number of halogens is 2. The normalized spacial score (nSPS) is 20.4. The van der Waals surface area contributed by atoms with E-state index < -0.39 is 0 Å². The van der Waals surface area contributed by atoms with Crippen LogP contribution in [0.1, 0.15) is 11.6 Å². The quantitative estimate of drug-likeness (QED) is 0.864. The first-order valence-electron chi connectivity index (χ1n) is 4.05. The van der Waals surface area contributed by atoms with E-state index in [9.17, 15) is 4.79 Å². The molecule has 74 valence electrons. The van der Waals surface area contributed by atoms with Crippen LogP contribution < -0.4 is 5.32 Å². The number of hydrogen-bond acceptors (Lipinski definition) is 2. The second kappa shape index (κ2) is 3.90. The molecule has 2 rings (SSSR count). The average Bonchev–Trinajstić information content (AvgIpc) is 2.56. The number of benzene rings is 1. The number of hydrogen-bond donors (Lipinski definition) is 1. The van der Waals surface area contributed by atoms with E-state index in [2.05, 4.69) is 37.2 Å². The molecule has 0 unspecified atom stereocenters. The fourth-order valence-electron chi connectivity index (χ4n) is 1.33. The Morgan fingerprint density at radius 3 is 2.86 bits per heavy atom. The summed E-state index contributed by atoms with van der Waals surface area (Å²) < 4.78 is 6.78. The third kappa shape index (κ3) is 1.93. The molecular weight excluding hydrogens is 314 g/mol. The summed E-state index contributed by atoms with van der Waals surface area (Å²) in [6.45, 7) is 0.383. The Labute approximate surface area is 98.1 Å². The Morgan fingerprint density at radius 2 is 2.21 bits per heavy atom. The lowest BCUT2D eigenvalue weighted by atomic mass is 10.1. The van der Waals surface area contributed by atoms with Crippen LogP contribution in [0.15, 0.2) is 27.1 Å². The Kier molecular flexibility index (Phi) is 2.78. The molecule has 1 aliphatic heterocycles. The lowest BCUT2D eigenvalue weighted by Crippen LogP contribution is -2.18. The van der Waals surface area contributed by atoms with Crippen LogP contribution in [0.5, 0.6) is 0 Å². The van der Waals surface area contributed by atoms with Crippen LogP contribution in [0.2, 0.25) is 0 Å². The molecule has 0 saturated carbocycles. The molecule has 1 fully saturated rings. The fraction of sp³-hybridized carbons (Fsp3) is 0.222. The molecule has 1 aliphatic rings. The highest BCUT2D eigenvalue weighted by Gasteiger charge is 2.25. The molecule has 5 heteroatoms. The van der Waals surface area contributed by atoms with Crippen LogP contribution in [0.4, 0.5) is 4.79 Å². The van der Waals surface area contributed by atoms with Crippen molar-refractivity contribution < 1.29 is 9.53 Å². The molecule has 1 aromatic carbocycles. The molecule has 1 saturated heterocycles. The van der Waals surface area contributed by atoms with Gasteiger partial charge in [-0.3, -0.25) is 0 Å². The maximum atomic E-state index is 10.9. The number of carbonyl (C=O) groups excluding carboxylic acids is 1. The van der Waals surface area contributed by atoms with Gasteiger partial charge in [0.25, 0.3) is 0 Å². The van der Waals surface area contributed by atoms with E-state index >= 15 is 0 Å². The van der Waals surface area contributed by atoms with Gasteiger partial charge in [0.05, 0.1) is 6.04 Å². The fourth-order valence-corrected chi connectivity index (χ4v) is 2.24. The van der Waals surface area contributed by atoms with Crippen LogP contribution in [0, 0.1) is 0 Å². The second-order valence-electron chi connectivity index (χ2n) is 2.96. The lowest BCUT2D eigenvalue weighted by Gasteiger charge is -2.10. The number of alkyl carbamates (subject to hydrolysis) is 1. The standard InChI is InChI=1S/C9H7Br2NO2/c10-5-1-2-7(11)6(3-5)8-4-14-9(13)12-8/h1-3,8H,4H2,(H,12,13)/t8-/m1/s1. The summed E-state index contributed by atoms with van der Waals surface area (Å²) in [7, 11) is 0. The van der Waals surface area contributed by atoms with Gasteiger partial charge in [-0.15, -0.1) is 0 Å². The van der Waals surface area contributed by atoms with Gasteiger partial charge in [-0.25, -0.2) is 4.79 Å². The Morgan fingerprint density at radius 1 is 1.43 bits per heavy atom. The van der Waals surface area contributed by atoms with Crippen molar-refractivity contribution in [3.63, 3.8) is 0 Å². The molecule has 1 amide bonds. The predicted octanol–water partition coefficient (Wildman–Crippen LogP) is 2.99. The minimum Gasteiger partial charge on any atom is -0.447 e. The van der Waals surface area contributed by atoms with Crippen molar-refractivity contribution >= 4 is 38.0 Å². The van der Waals surface area contributed by atoms with E-state index in [1.54, 1.807) is 0 Å². The van der Waals surface area contributed by atoms with E-state index in [1.807, 2.05) is 18.2 Å². The third-order valence-corrected chi connectivity index (χ3v) is 3.22. The van der Waals surface area contributed by atoms with Crippen molar-refractivity contribution in [2.45, 2.75) is 6.04 Å². The highest BCUT2D eigenvalue weighted by Crippen LogP contribution is 2.28. The van der Waals surface area contributed by atoms with E-state index in [1.165, 1.54) is 0 Å². The lowest BCUT2D eigenvalue weighted by molar-refractivity contribution is 0.177. The van der Waals surface area contributed by atoms with E-state index in [4.69, 9.17) is 4.74 Å². The summed E-state index contributed by atoms with van der Waals surface area (Å²) in [6.07, 6.45) is -0.359. The van der Waals surface area contributed by atoms with E-state index in [0.29, 0.717) is 6.61 Å². The maximum absolute atomic E-state index is 10.9. The minimum absolute atomic E-state index is 0.0608. The zero-order valence-corrected chi connectivity index (χ0v) is 10.3. The SMILES string of the molecule is O=C1N[C@@H](c2cc(Br)ccc2Br)CO1. The van der Waals surface area contributed by atoms with Gasteiger partial charge < -0.3 is 10.1 Å². The summed E-state index contributed by atoms with van der Waals surface area (Å²) in [6, 6.07) is 5.77. The first-order chi connectivity index (χ1) is 6.66. The highest BCUT2D eigenvalue weighted by atomic mass is 79.9. The first kappa shape index (κ1) is 9.98. The zero-order chi connectivity index (χ0) is 10.1. The van der Waals surface area contributed by atoms with Crippen molar-refractivity contribution in [1.82, 2.24) is 5.32 Å². The molecule has 0 aromatic heterocycles. The summed E-state index contributed by atoms with van der Waals surface area (Å²) in [5, 5.41) is 2.73. The summed E-state index contributed by atoms with van der Waals surface area (Å²) in [4.78, 5) is 10.9. The number of ether oxygens (including phenoxy) is 1. The summed E-state index contributed by atoms with van der Waals surface area (Å²) >= 11 is 6.82. The smallest absolute Gasteiger partial charge is 0.407 e. The van der Waals surface area contributed by atoms with Gasteiger partial charge in [0, 0.05) is 8.95 Å². The Hall–Kier alpha value is -0.550. The van der Waals surface area contributed by atoms with Crippen molar-refractivity contribution in [3.8, 4) is 0 Å². The zero-order valence-electron chi connectivity index (χ0n) is 7.09. The Bertz CT molecular complexity index is 381. The maximum Gasteiger partial charge on any atom is 0.407 e. The molecule has 3 nitrogen and oxygen atoms in total. The number of nitrogens with one attached hydrogen (secondary N) is 1. The van der Waals surface area contributed by atoms with Gasteiger partial charge in [0.1, 0.15) is 6.61 Å². The number of amides is 1. The van der Waals surface area contributed by atoms with Gasteiger partial charge in [-0.05, 0) is 23.8 Å². The largest absolute Gasteiger partial charge is 0.447 e. The van der Waals surface area contributed by atoms with Gasteiger partial charge in [-0.2, -0.15) is 0 Å². The monoisotopic (exact) mass is 319 g/mol. The minimum atomic E-state index is -0.359. The molecule has 0 bridgehead atoms. The molecule has 1 heterocycles. The van der Waals surface area contributed by atoms with Crippen LogP contribution >= 0.6 is 31.9 Å². The molecule has 1 N–H and O–H groups in total. The topological polar surface area (TPSA) is 38.3 Å². The first-order valence-corrected chi connectivity index (χ1v) is 5.63. The van der Waals surface area contributed by atoms with E-state index in [-0.39, 0.29) is 12.1 Å². The Balaban J connectivity index is 2.31. The molecule has 0 radical (unpaired) electrons. The second-order valence-corrected chi connectivity index (χ2v) is 4.73. The average molecular weight is 321 g/mol. The third-order valence-electron chi connectivity index (χ3n) is 2.01. The molecule has 14 heavy (non-hydrogen) atoms. The van der Waals surface area contributed by atoms with Gasteiger partial charge in [-0.1, -0.05) is 31.9 Å². The molecule has 0 spiro atoms. The number of carbonyl (C=O) groups is 1. The highest BCUT2D eigenvalue weighted by molar-refractivity contribution is 9.11.